The molecule has 1 unspecified atom stereocenters. The highest BCUT2D eigenvalue weighted by atomic mass is 16.5. The summed E-state index contributed by atoms with van der Waals surface area (Å²) in [5.41, 5.74) is 3.05. The minimum atomic E-state index is 0.127. The second-order valence-corrected chi connectivity index (χ2v) is 5.31. The van der Waals surface area contributed by atoms with Gasteiger partial charge in [-0.3, -0.25) is 9.67 Å². The number of hydrogen-bond acceptors (Lipinski definition) is 4. The van der Waals surface area contributed by atoms with Gasteiger partial charge in [0.1, 0.15) is 5.82 Å². The number of ether oxygens (including phenoxy) is 1. The Hall–Kier alpha value is -2.47. The van der Waals surface area contributed by atoms with Gasteiger partial charge in [-0.1, -0.05) is 0 Å². The van der Waals surface area contributed by atoms with Gasteiger partial charge in [0.15, 0.2) is 0 Å². The fraction of sp³-hybridized carbons (Fsp3) is 0.312. The van der Waals surface area contributed by atoms with Crippen molar-refractivity contribution >= 4 is 0 Å². The summed E-state index contributed by atoms with van der Waals surface area (Å²) in [6, 6.07) is 2.08. The van der Waals surface area contributed by atoms with Crippen LogP contribution in [0.5, 0.6) is 0 Å². The van der Waals surface area contributed by atoms with Crippen molar-refractivity contribution in [3.05, 3.63) is 43.2 Å². The minimum Gasteiger partial charge on any atom is -0.380 e. The average Bonchev–Trinajstić information content (AvgIpc) is 3.16. The van der Waals surface area contributed by atoms with Crippen LogP contribution in [0.15, 0.2) is 43.2 Å². The lowest BCUT2D eigenvalue weighted by molar-refractivity contribution is 0.103. The zero-order chi connectivity index (χ0) is 15.5. The van der Waals surface area contributed by atoms with E-state index in [1.54, 1.807) is 18.0 Å². The molecule has 0 aliphatic carbocycles. The topological polar surface area (TPSA) is 57.8 Å². The van der Waals surface area contributed by atoms with Crippen molar-refractivity contribution in [3.63, 3.8) is 0 Å². The summed E-state index contributed by atoms with van der Waals surface area (Å²) in [6.07, 6.45) is 11.4. The summed E-state index contributed by atoms with van der Waals surface area (Å²) < 4.78 is 9.20. The van der Waals surface area contributed by atoms with Crippen molar-refractivity contribution in [2.24, 2.45) is 7.05 Å². The van der Waals surface area contributed by atoms with Crippen molar-refractivity contribution in [2.45, 2.75) is 19.6 Å². The van der Waals surface area contributed by atoms with E-state index in [0.717, 1.165) is 29.1 Å². The summed E-state index contributed by atoms with van der Waals surface area (Å²) in [4.78, 5) is 8.81. The summed E-state index contributed by atoms with van der Waals surface area (Å²) >= 11 is 0. The van der Waals surface area contributed by atoms with Gasteiger partial charge < -0.3 is 9.30 Å². The summed E-state index contributed by atoms with van der Waals surface area (Å²) in [5.74, 6) is 0.891. The first-order valence-corrected chi connectivity index (χ1v) is 7.15. The van der Waals surface area contributed by atoms with Crippen molar-refractivity contribution in [1.29, 1.82) is 0 Å². The molecular weight excluding hydrogens is 278 g/mol. The Morgan fingerprint density at radius 2 is 2.00 bits per heavy atom. The molecule has 0 bridgehead atoms. The average molecular weight is 297 g/mol. The summed E-state index contributed by atoms with van der Waals surface area (Å²) in [6.45, 7) is 2.79. The number of hydrogen-bond donors (Lipinski definition) is 0. The molecule has 3 rings (SSSR count). The van der Waals surface area contributed by atoms with Gasteiger partial charge in [0.25, 0.3) is 0 Å². The lowest BCUT2D eigenvalue weighted by Gasteiger charge is -2.13. The number of imidazole rings is 1. The van der Waals surface area contributed by atoms with Crippen LogP contribution in [0, 0.1) is 0 Å². The molecule has 0 saturated heterocycles. The summed E-state index contributed by atoms with van der Waals surface area (Å²) in [7, 11) is 3.62. The van der Waals surface area contributed by atoms with Gasteiger partial charge >= 0.3 is 0 Å². The van der Waals surface area contributed by atoms with E-state index >= 15 is 0 Å². The molecule has 22 heavy (non-hydrogen) atoms. The van der Waals surface area contributed by atoms with E-state index in [-0.39, 0.29) is 6.10 Å². The highest BCUT2D eigenvalue weighted by Gasteiger charge is 2.11. The molecule has 1 atom stereocenters. The maximum atomic E-state index is 5.33. The first kappa shape index (κ1) is 14.5. The maximum absolute atomic E-state index is 5.33. The van der Waals surface area contributed by atoms with Crippen LogP contribution in [0.3, 0.4) is 0 Å². The van der Waals surface area contributed by atoms with Gasteiger partial charge in [-0.2, -0.15) is 5.10 Å². The van der Waals surface area contributed by atoms with Crippen LogP contribution < -0.4 is 0 Å². The molecule has 0 aliphatic rings. The minimum absolute atomic E-state index is 0.127. The number of aryl methyl sites for hydroxylation is 1. The van der Waals surface area contributed by atoms with E-state index in [1.165, 1.54) is 0 Å². The van der Waals surface area contributed by atoms with E-state index < -0.39 is 0 Å². The van der Waals surface area contributed by atoms with Crippen LogP contribution in [-0.4, -0.2) is 37.5 Å². The van der Waals surface area contributed by atoms with Crippen LogP contribution >= 0.6 is 0 Å². The van der Waals surface area contributed by atoms with Crippen molar-refractivity contribution in [2.75, 3.05) is 7.11 Å². The van der Waals surface area contributed by atoms with Gasteiger partial charge in [-0.05, 0) is 13.0 Å². The monoisotopic (exact) mass is 297 g/mol. The highest BCUT2D eigenvalue weighted by Crippen LogP contribution is 2.24. The Kier molecular flexibility index (Phi) is 4.02. The zero-order valence-electron chi connectivity index (χ0n) is 13.0. The number of methoxy groups -OCH3 is 1. The lowest BCUT2D eigenvalue weighted by atomic mass is 10.1. The smallest absolute Gasteiger partial charge is 0.141 e. The third-order valence-corrected chi connectivity index (χ3v) is 3.61. The summed E-state index contributed by atoms with van der Waals surface area (Å²) in [5, 5.41) is 4.20. The fourth-order valence-electron chi connectivity index (χ4n) is 2.36. The van der Waals surface area contributed by atoms with Crippen LogP contribution in [-0.2, 0) is 18.3 Å². The van der Waals surface area contributed by atoms with Crippen molar-refractivity contribution < 1.29 is 4.74 Å². The van der Waals surface area contributed by atoms with Crippen LogP contribution in [0.25, 0.3) is 22.5 Å². The van der Waals surface area contributed by atoms with Gasteiger partial charge in [-0.25, -0.2) is 4.98 Å². The molecule has 3 heterocycles. The molecule has 0 fully saturated rings. The number of nitrogens with zero attached hydrogens (tertiary/aromatic N) is 5. The zero-order valence-corrected chi connectivity index (χ0v) is 13.0. The molecule has 3 aromatic rings. The third kappa shape index (κ3) is 2.92. The molecule has 0 radical (unpaired) electrons. The van der Waals surface area contributed by atoms with Crippen molar-refractivity contribution in [1.82, 2.24) is 24.3 Å². The van der Waals surface area contributed by atoms with E-state index in [0.29, 0.717) is 0 Å². The standard InChI is InChI=1S/C16H19N5O/c1-12(22-3)10-21-5-4-18-16(21)14-6-13(7-17-8-14)15-9-19-20(2)11-15/h4-9,11-12H,10H2,1-3H3. The predicted molar refractivity (Wildman–Crippen MR) is 84.1 cm³/mol. The van der Waals surface area contributed by atoms with Gasteiger partial charge in [0.2, 0.25) is 0 Å². The number of rotatable bonds is 5. The van der Waals surface area contributed by atoms with Crippen molar-refractivity contribution in [3.8, 4) is 22.5 Å². The predicted octanol–water partition coefficient (Wildman–Crippen LogP) is 2.38. The molecule has 0 saturated carbocycles. The Labute approximate surface area is 129 Å². The Morgan fingerprint density at radius 1 is 1.18 bits per heavy atom. The molecule has 0 N–H and O–H groups in total. The van der Waals surface area contributed by atoms with Gasteiger partial charge in [0, 0.05) is 61.8 Å². The Morgan fingerprint density at radius 3 is 2.73 bits per heavy atom. The van der Waals surface area contributed by atoms with Crippen LogP contribution in [0.1, 0.15) is 6.92 Å². The molecule has 114 valence electrons. The van der Waals surface area contributed by atoms with E-state index in [2.05, 4.69) is 25.7 Å². The largest absolute Gasteiger partial charge is 0.380 e. The normalized spacial score (nSPS) is 12.5. The van der Waals surface area contributed by atoms with Crippen LogP contribution in [0.4, 0.5) is 0 Å². The molecule has 0 aliphatic heterocycles. The van der Waals surface area contributed by atoms with E-state index in [9.17, 15) is 0 Å². The van der Waals surface area contributed by atoms with E-state index in [1.807, 2.05) is 45.0 Å². The molecule has 3 aromatic heterocycles. The second-order valence-electron chi connectivity index (χ2n) is 5.31. The van der Waals surface area contributed by atoms with E-state index in [4.69, 9.17) is 4.74 Å². The first-order chi connectivity index (χ1) is 10.7. The number of aromatic nitrogens is 5. The molecule has 0 amide bonds. The first-order valence-electron chi connectivity index (χ1n) is 7.15. The molecule has 6 heteroatoms. The van der Waals surface area contributed by atoms with Gasteiger partial charge in [-0.15, -0.1) is 0 Å². The highest BCUT2D eigenvalue weighted by molar-refractivity contribution is 5.67. The molecule has 0 spiro atoms. The van der Waals surface area contributed by atoms with Gasteiger partial charge in [0.05, 0.1) is 18.8 Å². The Balaban J connectivity index is 1.94. The second kappa shape index (κ2) is 6.11. The Bertz CT molecular complexity index is 761. The number of pyridine rings is 1. The quantitative estimate of drug-likeness (QED) is 0.725. The third-order valence-electron chi connectivity index (χ3n) is 3.61. The fourth-order valence-corrected chi connectivity index (χ4v) is 2.36. The molecule has 0 aromatic carbocycles. The lowest BCUT2D eigenvalue weighted by Crippen LogP contribution is -2.14. The maximum Gasteiger partial charge on any atom is 0.141 e. The molecule has 6 nitrogen and oxygen atoms in total. The SMILES string of the molecule is COC(C)Cn1ccnc1-c1cncc(-c2cnn(C)c2)c1. The van der Waals surface area contributed by atoms with Crippen LogP contribution in [0.2, 0.25) is 0 Å². The molecular formula is C16H19N5O.